The van der Waals surface area contributed by atoms with E-state index in [2.05, 4.69) is 4.74 Å². The van der Waals surface area contributed by atoms with E-state index in [4.69, 9.17) is 9.47 Å². The third-order valence-electron chi connectivity index (χ3n) is 2.92. The van der Waals surface area contributed by atoms with Crippen molar-refractivity contribution in [3.8, 4) is 11.5 Å². The van der Waals surface area contributed by atoms with Gasteiger partial charge < -0.3 is 14.2 Å². The molecule has 0 bridgehead atoms. The number of halogens is 1. The molecule has 4 nitrogen and oxygen atoms in total. The van der Waals surface area contributed by atoms with Gasteiger partial charge in [-0.1, -0.05) is 0 Å². The van der Waals surface area contributed by atoms with Gasteiger partial charge in [-0.05, 0) is 18.2 Å². The molecule has 1 aliphatic carbocycles. The molecule has 5 heteroatoms. The van der Waals surface area contributed by atoms with E-state index >= 15 is 0 Å². The van der Waals surface area contributed by atoms with Gasteiger partial charge in [0.05, 0.1) is 19.8 Å². The molecular formula is C13H15FO4. The summed E-state index contributed by atoms with van der Waals surface area (Å²) in [6.07, 6.45) is -0.0719. The Labute approximate surface area is 105 Å². The van der Waals surface area contributed by atoms with Crippen LogP contribution in [0.15, 0.2) is 18.2 Å². The van der Waals surface area contributed by atoms with E-state index in [9.17, 15) is 9.18 Å². The molecule has 0 amide bonds. The van der Waals surface area contributed by atoms with Gasteiger partial charge in [0.15, 0.2) is 11.5 Å². The van der Waals surface area contributed by atoms with Crippen LogP contribution in [-0.4, -0.2) is 32.5 Å². The summed E-state index contributed by atoms with van der Waals surface area (Å²) in [5, 5.41) is 0. The van der Waals surface area contributed by atoms with Gasteiger partial charge in [-0.3, -0.25) is 0 Å². The number of rotatable bonds is 4. The number of carbonyl (C=O) groups is 1. The van der Waals surface area contributed by atoms with Crippen LogP contribution in [0.2, 0.25) is 0 Å². The molecule has 0 atom stereocenters. The Morgan fingerprint density at radius 2 is 2.00 bits per heavy atom. The van der Waals surface area contributed by atoms with E-state index in [-0.39, 0.29) is 6.10 Å². The number of hydrogen-bond acceptors (Lipinski definition) is 4. The highest BCUT2D eigenvalue weighted by Gasteiger charge is 2.31. The smallest absolute Gasteiger partial charge is 0.337 e. The van der Waals surface area contributed by atoms with Crippen molar-refractivity contribution < 1.29 is 23.4 Å². The van der Waals surface area contributed by atoms with Gasteiger partial charge >= 0.3 is 5.97 Å². The zero-order valence-corrected chi connectivity index (χ0v) is 10.3. The fraction of sp³-hybridized carbons (Fsp3) is 0.462. The minimum Gasteiger partial charge on any atom is -0.493 e. The molecule has 0 N–H and O–H groups in total. The maximum atomic E-state index is 12.7. The summed E-state index contributed by atoms with van der Waals surface area (Å²) in [5.41, 5.74) is 0.388. The number of benzene rings is 1. The molecule has 0 aliphatic heterocycles. The molecule has 0 unspecified atom stereocenters. The van der Waals surface area contributed by atoms with Crippen LogP contribution in [0.25, 0.3) is 0 Å². The van der Waals surface area contributed by atoms with Crippen LogP contribution in [0.3, 0.4) is 0 Å². The number of alkyl halides is 1. The molecular weight excluding hydrogens is 239 g/mol. The van der Waals surface area contributed by atoms with Crippen LogP contribution < -0.4 is 9.47 Å². The van der Waals surface area contributed by atoms with Crippen LogP contribution in [-0.2, 0) is 4.74 Å². The summed E-state index contributed by atoms with van der Waals surface area (Å²) < 4.78 is 28.1. The molecule has 1 saturated carbocycles. The normalized spacial score (nSPS) is 21.9. The molecule has 0 saturated heterocycles. The molecule has 1 aromatic rings. The Bertz CT molecular complexity index is 441. The Morgan fingerprint density at radius 1 is 1.28 bits per heavy atom. The van der Waals surface area contributed by atoms with Crippen molar-refractivity contribution >= 4 is 5.97 Å². The molecule has 1 fully saturated rings. The van der Waals surface area contributed by atoms with Gasteiger partial charge in [0, 0.05) is 12.8 Å². The standard InChI is InChI=1S/C13H15FO4/c1-16-12-5-8(13(15)17-2)3-4-11(12)18-10-6-9(14)7-10/h3-5,9-10H,6-7H2,1-2H3. The van der Waals surface area contributed by atoms with Crippen LogP contribution in [0.4, 0.5) is 4.39 Å². The Morgan fingerprint density at radius 3 is 2.56 bits per heavy atom. The van der Waals surface area contributed by atoms with Crippen LogP contribution >= 0.6 is 0 Å². The minimum atomic E-state index is -0.768. The number of carbonyl (C=O) groups excluding carboxylic acids is 1. The lowest BCUT2D eigenvalue weighted by molar-refractivity contribution is 0.0391. The number of hydrogen-bond donors (Lipinski definition) is 0. The Hall–Kier alpha value is -1.78. The van der Waals surface area contributed by atoms with Crippen molar-refractivity contribution in [3.63, 3.8) is 0 Å². The number of esters is 1. The van der Waals surface area contributed by atoms with Gasteiger partial charge in [0.25, 0.3) is 0 Å². The zero-order valence-electron chi connectivity index (χ0n) is 10.3. The summed E-state index contributed by atoms with van der Waals surface area (Å²) in [4.78, 5) is 11.4. The van der Waals surface area contributed by atoms with Gasteiger partial charge in [0.1, 0.15) is 12.3 Å². The van der Waals surface area contributed by atoms with Crippen molar-refractivity contribution in [1.82, 2.24) is 0 Å². The van der Waals surface area contributed by atoms with Gasteiger partial charge in [-0.25, -0.2) is 9.18 Å². The molecule has 0 spiro atoms. The van der Waals surface area contributed by atoms with Crippen LogP contribution in [0.1, 0.15) is 23.2 Å². The second-order valence-electron chi connectivity index (χ2n) is 4.17. The van der Waals surface area contributed by atoms with Crippen LogP contribution in [0, 0.1) is 0 Å². The molecule has 0 heterocycles. The predicted octanol–water partition coefficient (Wildman–Crippen LogP) is 2.36. The third kappa shape index (κ3) is 2.55. The summed E-state index contributed by atoms with van der Waals surface area (Å²) in [5.74, 6) is 0.523. The minimum absolute atomic E-state index is 0.113. The van der Waals surface area contributed by atoms with E-state index in [0.717, 1.165) is 0 Å². The Kier molecular flexibility index (Phi) is 3.69. The Balaban J connectivity index is 2.13. The second-order valence-corrected chi connectivity index (χ2v) is 4.17. The SMILES string of the molecule is COC(=O)c1ccc(OC2CC(F)C2)c(OC)c1. The fourth-order valence-corrected chi connectivity index (χ4v) is 1.79. The average molecular weight is 254 g/mol. The highest BCUT2D eigenvalue weighted by atomic mass is 19.1. The van der Waals surface area contributed by atoms with E-state index in [1.165, 1.54) is 14.2 Å². The summed E-state index contributed by atoms with van der Waals surface area (Å²) in [6, 6.07) is 4.78. The maximum absolute atomic E-state index is 12.7. The molecule has 1 aliphatic rings. The quantitative estimate of drug-likeness (QED) is 0.774. The monoisotopic (exact) mass is 254 g/mol. The summed E-state index contributed by atoms with van der Waals surface area (Å²) >= 11 is 0. The highest BCUT2D eigenvalue weighted by Crippen LogP contribution is 2.34. The molecule has 0 radical (unpaired) electrons. The first-order chi connectivity index (χ1) is 8.63. The molecule has 2 rings (SSSR count). The fourth-order valence-electron chi connectivity index (χ4n) is 1.79. The summed E-state index contributed by atoms with van der Waals surface area (Å²) in [7, 11) is 2.80. The first-order valence-corrected chi connectivity index (χ1v) is 5.71. The van der Waals surface area contributed by atoms with Crippen molar-refractivity contribution in [2.24, 2.45) is 0 Å². The van der Waals surface area contributed by atoms with Gasteiger partial charge in [-0.2, -0.15) is 0 Å². The van der Waals surface area contributed by atoms with Crippen molar-refractivity contribution in [2.45, 2.75) is 25.1 Å². The number of methoxy groups -OCH3 is 2. The molecule has 98 valence electrons. The lowest BCUT2D eigenvalue weighted by Gasteiger charge is -2.30. The maximum Gasteiger partial charge on any atom is 0.337 e. The van der Waals surface area contributed by atoms with Crippen LogP contribution in [0.5, 0.6) is 11.5 Å². The van der Waals surface area contributed by atoms with E-state index < -0.39 is 12.1 Å². The molecule has 18 heavy (non-hydrogen) atoms. The first-order valence-electron chi connectivity index (χ1n) is 5.71. The number of ether oxygens (including phenoxy) is 3. The van der Waals surface area contributed by atoms with E-state index in [1.54, 1.807) is 18.2 Å². The largest absolute Gasteiger partial charge is 0.493 e. The van der Waals surface area contributed by atoms with E-state index in [1.807, 2.05) is 0 Å². The summed E-state index contributed by atoms with van der Waals surface area (Å²) in [6.45, 7) is 0. The second kappa shape index (κ2) is 5.25. The van der Waals surface area contributed by atoms with Gasteiger partial charge in [0.2, 0.25) is 0 Å². The van der Waals surface area contributed by atoms with Gasteiger partial charge in [-0.15, -0.1) is 0 Å². The topological polar surface area (TPSA) is 44.8 Å². The van der Waals surface area contributed by atoms with E-state index in [0.29, 0.717) is 29.9 Å². The van der Waals surface area contributed by atoms with Crippen molar-refractivity contribution in [1.29, 1.82) is 0 Å². The lowest BCUT2D eigenvalue weighted by atomic mass is 9.93. The van der Waals surface area contributed by atoms with Crippen molar-refractivity contribution in [3.05, 3.63) is 23.8 Å². The first kappa shape index (κ1) is 12.7. The predicted molar refractivity (Wildman–Crippen MR) is 62.9 cm³/mol. The zero-order chi connectivity index (χ0) is 13.1. The molecule has 1 aromatic carbocycles. The third-order valence-corrected chi connectivity index (χ3v) is 2.92. The van der Waals surface area contributed by atoms with Crippen molar-refractivity contribution in [2.75, 3.05) is 14.2 Å². The lowest BCUT2D eigenvalue weighted by Crippen LogP contribution is -2.35. The average Bonchev–Trinajstić information content (AvgIpc) is 2.36. The molecule has 0 aromatic heterocycles. The highest BCUT2D eigenvalue weighted by molar-refractivity contribution is 5.90.